The normalized spacial score (nSPS) is 11.0. The third-order valence-electron chi connectivity index (χ3n) is 4.05. The lowest BCUT2D eigenvalue weighted by Gasteiger charge is -2.19. The highest BCUT2D eigenvalue weighted by Crippen LogP contribution is 2.34. The van der Waals surface area contributed by atoms with E-state index in [0.717, 1.165) is 12.1 Å². The van der Waals surface area contributed by atoms with Crippen LogP contribution in [-0.4, -0.2) is 46.3 Å². The summed E-state index contributed by atoms with van der Waals surface area (Å²) in [7, 11) is 5.03. The van der Waals surface area contributed by atoms with Gasteiger partial charge in [0.15, 0.2) is 0 Å². The largest absolute Gasteiger partial charge is 0.418 e. The van der Waals surface area contributed by atoms with Crippen molar-refractivity contribution in [2.45, 2.75) is 6.18 Å². The van der Waals surface area contributed by atoms with Crippen LogP contribution in [0.25, 0.3) is 0 Å². The van der Waals surface area contributed by atoms with E-state index >= 15 is 0 Å². The van der Waals surface area contributed by atoms with Gasteiger partial charge in [-0.2, -0.15) is 13.2 Å². The van der Waals surface area contributed by atoms with Crippen LogP contribution < -0.4 is 20.9 Å². The molecule has 3 amide bonds. The molecule has 2 rings (SSSR count). The maximum absolute atomic E-state index is 13.1. The summed E-state index contributed by atoms with van der Waals surface area (Å²) in [5.41, 5.74) is -0.173. The van der Waals surface area contributed by atoms with Crippen LogP contribution in [-0.2, 0) is 10.9 Å². The van der Waals surface area contributed by atoms with Crippen molar-refractivity contribution < 1.29 is 27.5 Å². The Bertz CT molecular complexity index is 901. The van der Waals surface area contributed by atoms with E-state index in [2.05, 4.69) is 16.0 Å². The molecule has 0 unspecified atom stereocenters. The summed E-state index contributed by atoms with van der Waals surface area (Å²) in [5, 5.41) is 7.35. The van der Waals surface area contributed by atoms with Crippen molar-refractivity contribution in [2.24, 2.45) is 0 Å². The minimum atomic E-state index is -4.61. The topological polar surface area (TPSA) is 82.7 Å². The van der Waals surface area contributed by atoms with Gasteiger partial charge in [0.2, 0.25) is 0 Å². The molecule has 0 aliphatic rings. The van der Waals surface area contributed by atoms with E-state index in [9.17, 15) is 22.8 Å². The standard InChI is InChI=1S/C20H23F3N4O3/c1-27(2)17-9-8-13(12-14(17)18(28)24-10-11-30-3)25-19(29)26-16-7-5-4-6-15(16)20(21,22)23/h4-9,12H,10-11H2,1-3H3,(H,24,28)(H2,25,26,29). The van der Waals surface area contributed by atoms with E-state index in [1.807, 2.05) is 0 Å². The highest BCUT2D eigenvalue weighted by Gasteiger charge is 2.33. The highest BCUT2D eigenvalue weighted by atomic mass is 19.4. The number of carbonyl (C=O) groups excluding carboxylic acids is 2. The van der Waals surface area contributed by atoms with Gasteiger partial charge in [0, 0.05) is 39.1 Å². The molecule has 0 saturated heterocycles. The fourth-order valence-electron chi connectivity index (χ4n) is 2.67. The molecule has 2 aromatic rings. The second-order valence-electron chi connectivity index (χ2n) is 6.50. The quantitative estimate of drug-likeness (QED) is 0.591. The third-order valence-corrected chi connectivity index (χ3v) is 4.05. The molecular weight excluding hydrogens is 401 g/mol. The minimum Gasteiger partial charge on any atom is -0.383 e. The Morgan fingerprint density at radius 1 is 1.07 bits per heavy atom. The van der Waals surface area contributed by atoms with Gasteiger partial charge >= 0.3 is 12.2 Å². The predicted octanol–water partition coefficient (Wildman–Crippen LogP) is 3.79. The van der Waals surface area contributed by atoms with Gasteiger partial charge in [-0.15, -0.1) is 0 Å². The lowest BCUT2D eigenvalue weighted by atomic mass is 10.1. The molecule has 0 aliphatic heterocycles. The van der Waals surface area contributed by atoms with Gasteiger partial charge in [0.05, 0.1) is 23.4 Å². The second-order valence-corrected chi connectivity index (χ2v) is 6.50. The number of ether oxygens (including phenoxy) is 1. The van der Waals surface area contributed by atoms with Crippen LogP contribution in [0.4, 0.5) is 35.0 Å². The minimum absolute atomic E-state index is 0.250. The first-order valence-electron chi connectivity index (χ1n) is 8.96. The predicted molar refractivity (Wildman–Crippen MR) is 109 cm³/mol. The molecule has 0 aromatic heterocycles. The van der Waals surface area contributed by atoms with Gasteiger partial charge in [-0.3, -0.25) is 4.79 Å². The molecule has 0 fully saturated rings. The fraction of sp³-hybridized carbons (Fsp3) is 0.300. The van der Waals surface area contributed by atoms with Crippen molar-refractivity contribution in [3.05, 3.63) is 53.6 Å². The Hall–Kier alpha value is -3.27. The molecule has 0 bridgehead atoms. The van der Waals surface area contributed by atoms with Crippen LogP contribution in [0.1, 0.15) is 15.9 Å². The molecule has 162 valence electrons. The van der Waals surface area contributed by atoms with Crippen molar-refractivity contribution in [3.8, 4) is 0 Å². The number of amides is 3. The number of urea groups is 1. The molecule has 7 nitrogen and oxygen atoms in total. The van der Waals surface area contributed by atoms with E-state index in [1.165, 1.54) is 25.3 Å². The SMILES string of the molecule is COCCNC(=O)c1cc(NC(=O)Nc2ccccc2C(F)(F)F)ccc1N(C)C. The summed E-state index contributed by atoms with van der Waals surface area (Å²) in [6.45, 7) is 0.635. The van der Waals surface area contributed by atoms with E-state index in [-0.39, 0.29) is 17.3 Å². The Kier molecular flexibility index (Phi) is 7.65. The molecule has 0 radical (unpaired) electrons. The number of alkyl halides is 3. The number of hydrogen-bond donors (Lipinski definition) is 3. The second kappa shape index (κ2) is 9.97. The summed E-state index contributed by atoms with van der Waals surface area (Å²) in [4.78, 5) is 26.5. The summed E-state index contributed by atoms with van der Waals surface area (Å²) >= 11 is 0. The monoisotopic (exact) mass is 424 g/mol. The lowest BCUT2D eigenvalue weighted by Crippen LogP contribution is -2.29. The Morgan fingerprint density at radius 3 is 2.40 bits per heavy atom. The smallest absolute Gasteiger partial charge is 0.383 e. The first-order chi connectivity index (χ1) is 14.1. The van der Waals surface area contributed by atoms with Crippen LogP contribution in [0.3, 0.4) is 0 Å². The molecule has 0 spiro atoms. The maximum atomic E-state index is 13.1. The summed E-state index contributed by atoms with van der Waals surface area (Å²) < 4.78 is 44.2. The number of nitrogens with one attached hydrogen (secondary N) is 3. The summed E-state index contributed by atoms with van der Waals surface area (Å²) in [6, 6.07) is 8.43. The number of benzene rings is 2. The van der Waals surface area contributed by atoms with Crippen LogP contribution in [0, 0.1) is 0 Å². The van der Waals surface area contributed by atoms with Crippen molar-refractivity contribution >= 4 is 29.0 Å². The van der Waals surface area contributed by atoms with E-state index in [0.29, 0.717) is 24.4 Å². The maximum Gasteiger partial charge on any atom is 0.418 e. The molecule has 0 saturated carbocycles. The zero-order chi connectivity index (χ0) is 22.3. The number of methoxy groups -OCH3 is 1. The van der Waals surface area contributed by atoms with E-state index < -0.39 is 17.8 Å². The molecule has 3 N–H and O–H groups in total. The van der Waals surface area contributed by atoms with Gasteiger partial charge in [0.25, 0.3) is 5.91 Å². The van der Waals surface area contributed by atoms with E-state index in [1.54, 1.807) is 31.1 Å². The molecule has 2 aromatic carbocycles. The molecular formula is C20H23F3N4O3. The van der Waals surface area contributed by atoms with Gasteiger partial charge in [0.1, 0.15) is 0 Å². The summed E-state index contributed by atoms with van der Waals surface area (Å²) in [6.07, 6.45) is -4.61. The van der Waals surface area contributed by atoms with Gasteiger partial charge in [-0.25, -0.2) is 4.79 Å². The average Bonchev–Trinajstić information content (AvgIpc) is 2.67. The molecule has 10 heteroatoms. The van der Waals surface area contributed by atoms with Crippen LogP contribution in [0.2, 0.25) is 0 Å². The van der Waals surface area contributed by atoms with Crippen LogP contribution >= 0.6 is 0 Å². The number of rotatable bonds is 7. The molecule has 30 heavy (non-hydrogen) atoms. The van der Waals surface area contributed by atoms with Crippen molar-refractivity contribution in [1.29, 1.82) is 0 Å². The first kappa shape index (κ1) is 23.0. The number of halogens is 3. The lowest BCUT2D eigenvalue weighted by molar-refractivity contribution is -0.136. The van der Waals surface area contributed by atoms with Crippen molar-refractivity contribution in [1.82, 2.24) is 5.32 Å². The molecule has 0 aliphatic carbocycles. The van der Waals surface area contributed by atoms with Crippen molar-refractivity contribution in [3.63, 3.8) is 0 Å². The Balaban J connectivity index is 2.20. The fourth-order valence-corrected chi connectivity index (χ4v) is 2.67. The summed E-state index contributed by atoms with van der Waals surface area (Å²) in [5.74, 6) is -0.373. The number of carbonyl (C=O) groups is 2. The van der Waals surface area contributed by atoms with Crippen molar-refractivity contribution in [2.75, 3.05) is 49.9 Å². The number of anilines is 3. The van der Waals surface area contributed by atoms with Crippen LogP contribution in [0.15, 0.2) is 42.5 Å². The van der Waals surface area contributed by atoms with E-state index in [4.69, 9.17) is 4.74 Å². The third kappa shape index (κ3) is 6.11. The van der Waals surface area contributed by atoms with Gasteiger partial charge in [-0.05, 0) is 30.3 Å². The van der Waals surface area contributed by atoms with Gasteiger partial charge in [-0.1, -0.05) is 12.1 Å². The zero-order valence-corrected chi connectivity index (χ0v) is 16.8. The molecule has 0 heterocycles. The Morgan fingerprint density at radius 2 is 1.77 bits per heavy atom. The van der Waals surface area contributed by atoms with Crippen LogP contribution in [0.5, 0.6) is 0 Å². The highest BCUT2D eigenvalue weighted by molar-refractivity contribution is 6.04. The Labute approximate surface area is 172 Å². The van der Waals surface area contributed by atoms with Gasteiger partial charge < -0.3 is 25.6 Å². The number of nitrogens with zero attached hydrogens (tertiary/aromatic N) is 1. The zero-order valence-electron chi connectivity index (χ0n) is 16.8. The molecule has 0 atom stereocenters. The number of para-hydroxylation sites is 1. The first-order valence-corrected chi connectivity index (χ1v) is 8.96. The average molecular weight is 424 g/mol. The number of hydrogen-bond acceptors (Lipinski definition) is 4.